The highest BCUT2D eigenvalue weighted by Gasteiger charge is 2.24. The second-order valence-electron chi connectivity index (χ2n) is 5.52. The van der Waals surface area contributed by atoms with Gasteiger partial charge in [-0.15, -0.1) is 0 Å². The van der Waals surface area contributed by atoms with E-state index in [1.165, 1.54) is 0 Å². The van der Waals surface area contributed by atoms with E-state index >= 15 is 0 Å². The van der Waals surface area contributed by atoms with Crippen LogP contribution in [0.15, 0.2) is 42.2 Å². The van der Waals surface area contributed by atoms with E-state index in [0.29, 0.717) is 25.0 Å². The summed E-state index contributed by atoms with van der Waals surface area (Å²) < 4.78 is 1.53. The van der Waals surface area contributed by atoms with Crippen molar-refractivity contribution >= 4 is 81.3 Å². The average Bonchev–Trinajstić information content (AvgIpc) is 2.55. The molecule has 8 heteroatoms. The normalized spacial score (nSPS) is 10.8. The summed E-state index contributed by atoms with van der Waals surface area (Å²) in [5.74, 6) is -1.64. The number of aromatic carboxylic acids is 1. The van der Waals surface area contributed by atoms with Crippen molar-refractivity contribution in [3.8, 4) is 0 Å². The fourth-order valence-electron chi connectivity index (χ4n) is 2.18. The number of carbonyl (C=O) groups is 2. The lowest BCUT2D eigenvalue weighted by Crippen LogP contribution is -2.28. The van der Waals surface area contributed by atoms with Crippen molar-refractivity contribution in [3.05, 3.63) is 58.8 Å². The zero-order valence-corrected chi connectivity index (χ0v) is 19.5. The number of nitrogens with one attached hydrogen (secondary N) is 1. The predicted octanol–water partition coefficient (Wildman–Crippen LogP) is 5.48. The van der Waals surface area contributed by atoms with Gasteiger partial charge in [0.2, 0.25) is 0 Å². The van der Waals surface area contributed by atoms with Gasteiger partial charge < -0.3 is 15.2 Å². The van der Waals surface area contributed by atoms with Gasteiger partial charge in [0, 0.05) is 29.1 Å². The Labute approximate surface area is 178 Å². The summed E-state index contributed by atoms with van der Waals surface area (Å²) in [5.41, 5.74) is 1.44. The van der Waals surface area contributed by atoms with Crippen molar-refractivity contribution in [2.24, 2.45) is 0 Å². The van der Waals surface area contributed by atoms with E-state index in [9.17, 15) is 14.7 Å². The van der Waals surface area contributed by atoms with Crippen LogP contribution in [-0.2, 0) is 0 Å². The fourth-order valence-corrected chi connectivity index (χ4v) is 4.64. The number of rotatable bonds is 4. The average molecular weight is 598 g/mol. The molecule has 4 nitrogen and oxygen atoms in total. The fraction of sp³-hybridized carbons (Fsp3) is 0.176. The first kappa shape index (κ1) is 20.6. The highest BCUT2D eigenvalue weighted by atomic mass is 79.9. The van der Waals surface area contributed by atoms with Crippen molar-refractivity contribution in [1.82, 2.24) is 0 Å². The molecule has 2 aromatic carbocycles. The SMILES string of the molecule is CC(C)c1ccc(NC(=O)c2c(Br)c(Br)c(Br)c(Br)c2C(=O)[O-])cc1. The number of halogens is 4. The Morgan fingerprint density at radius 3 is 1.80 bits per heavy atom. The molecule has 0 aliphatic carbocycles. The third-order valence-corrected chi connectivity index (χ3v) is 8.30. The number of anilines is 1. The van der Waals surface area contributed by atoms with Crippen molar-refractivity contribution in [1.29, 1.82) is 0 Å². The summed E-state index contributed by atoms with van der Waals surface area (Å²) in [7, 11) is 0. The Kier molecular flexibility index (Phi) is 6.87. The van der Waals surface area contributed by atoms with E-state index in [2.05, 4.69) is 82.9 Å². The zero-order valence-electron chi connectivity index (χ0n) is 13.1. The molecule has 1 N–H and O–H groups in total. The molecular formula is C17H12Br4NO3-. The first-order valence-electron chi connectivity index (χ1n) is 7.13. The van der Waals surface area contributed by atoms with Crippen LogP contribution in [-0.4, -0.2) is 11.9 Å². The second kappa shape index (κ2) is 8.33. The third-order valence-electron chi connectivity index (χ3n) is 3.53. The Hall–Kier alpha value is -0.700. The molecule has 0 heterocycles. The maximum Gasteiger partial charge on any atom is 0.257 e. The number of carbonyl (C=O) groups excluding carboxylic acids is 2. The highest BCUT2D eigenvalue weighted by molar-refractivity contribution is 9.15. The summed E-state index contributed by atoms with van der Waals surface area (Å²) in [4.78, 5) is 24.3. The van der Waals surface area contributed by atoms with E-state index in [1.54, 1.807) is 12.1 Å². The van der Waals surface area contributed by atoms with Gasteiger partial charge in [0.25, 0.3) is 5.91 Å². The molecule has 0 bridgehead atoms. The molecule has 0 aromatic heterocycles. The molecule has 0 atom stereocenters. The van der Waals surface area contributed by atoms with Gasteiger partial charge in [-0.3, -0.25) is 4.79 Å². The van der Waals surface area contributed by atoms with Gasteiger partial charge in [0.05, 0.1) is 11.5 Å². The number of carboxylic acids is 1. The Bertz CT molecular complexity index is 848. The van der Waals surface area contributed by atoms with E-state index in [4.69, 9.17) is 0 Å². The van der Waals surface area contributed by atoms with Crippen LogP contribution in [0, 0.1) is 0 Å². The maximum atomic E-state index is 12.7. The molecule has 0 saturated carbocycles. The van der Waals surface area contributed by atoms with Crippen LogP contribution >= 0.6 is 63.7 Å². The third kappa shape index (κ3) is 4.35. The van der Waals surface area contributed by atoms with Gasteiger partial charge in [-0.2, -0.15) is 0 Å². The molecular weight excluding hydrogens is 586 g/mol. The van der Waals surface area contributed by atoms with E-state index < -0.39 is 11.9 Å². The highest BCUT2D eigenvalue weighted by Crippen LogP contribution is 2.42. The largest absolute Gasteiger partial charge is 0.545 e. The van der Waals surface area contributed by atoms with Crippen LogP contribution in [0.2, 0.25) is 0 Å². The standard InChI is InChI=1S/C17H13Br4NO3/c1-7(2)8-3-5-9(6-4-8)22-16(23)10-11(17(24)25)13(19)15(21)14(20)12(10)18/h3-7H,1-2H3,(H,22,23)(H,24,25)/p-1. The van der Waals surface area contributed by atoms with E-state index in [0.717, 1.165) is 5.56 Å². The number of benzene rings is 2. The topological polar surface area (TPSA) is 69.2 Å². The molecule has 2 aromatic rings. The molecule has 0 saturated heterocycles. The van der Waals surface area contributed by atoms with Gasteiger partial charge in [-0.05, 0) is 87.3 Å². The van der Waals surface area contributed by atoms with E-state index in [-0.39, 0.29) is 15.6 Å². The molecule has 0 unspecified atom stereocenters. The van der Waals surface area contributed by atoms with Crippen molar-refractivity contribution in [3.63, 3.8) is 0 Å². The Balaban J connectivity index is 2.47. The van der Waals surface area contributed by atoms with Gasteiger partial charge in [0.1, 0.15) is 0 Å². The van der Waals surface area contributed by atoms with Crippen LogP contribution in [0.25, 0.3) is 0 Å². The summed E-state index contributed by atoms with van der Waals surface area (Å²) in [6, 6.07) is 7.40. The first-order valence-corrected chi connectivity index (χ1v) is 10.3. The predicted molar refractivity (Wildman–Crippen MR) is 110 cm³/mol. The van der Waals surface area contributed by atoms with Crippen molar-refractivity contribution in [2.75, 3.05) is 5.32 Å². The van der Waals surface area contributed by atoms with Crippen molar-refractivity contribution < 1.29 is 14.7 Å². The molecule has 132 valence electrons. The summed E-state index contributed by atoms with van der Waals surface area (Å²) >= 11 is 13.1. The van der Waals surface area contributed by atoms with Crippen LogP contribution in [0.5, 0.6) is 0 Å². The Morgan fingerprint density at radius 1 is 0.880 bits per heavy atom. The summed E-state index contributed by atoms with van der Waals surface area (Å²) in [6.07, 6.45) is 0. The molecule has 25 heavy (non-hydrogen) atoms. The number of amides is 1. The summed E-state index contributed by atoms with van der Waals surface area (Å²) in [5, 5.41) is 14.3. The zero-order chi connectivity index (χ0) is 18.9. The number of hydrogen-bond acceptors (Lipinski definition) is 3. The van der Waals surface area contributed by atoms with E-state index in [1.807, 2.05) is 12.1 Å². The van der Waals surface area contributed by atoms with Crippen LogP contribution in [0.1, 0.15) is 46.0 Å². The molecule has 0 radical (unpaired) electrons. The second-order valence-corrected chi connectivity index (χ2v) is 8.70. The molecule has 0 aliphatic rings. The van der Waals surface area contributed by atoms with Crippen molar-refractivity contribution in [2.45, 2.75) is 19.8 Å². The smallest absolute Gasteiger partial charge is 0.257 e. The minimum atomic E-state index is -1.46. The lowest BCUT2D eigenvalue weighted by Gasteiger charge is -2.18. The molecule has 1 amide bonds. The molecule has 2 rings (SSSR count). The minimum Gasteiger partial charge on any atom is -0.545 e. The van der Waals surface area contributed by atoms with Gasteiger partial charge in [-0.25, -0.2) is 0 Å². The summed E-state index contributed by atoms with van der Waals surface area (Å²) in [6.45, 7) is 4.15. The van der Waals surface area contributed by atoms with Gasteiger partial charge in [-0.1, -0.05) is 26.0 Å². The minimum absolute atomic E-state index is 0.0325. The lowest BCUT2D eigenvalue weighted by atomic mass is 10.0. The maximum absolute atomic E-state index is 12.7. The van der Waals surface area contributed by atoms with Crippen LogP contribution in [0.3, 0.4) is 0 Å². The van der Waals surface area contributed by atoms with Gasteiger partial charge in [0.15, 0.2) is 0 Å². The van der Waals surface area contributed by atoms with Gasteiger partial charge >= 0.3 is 0 Å². The molecule has 0 spiro atoms. The number of hydrogen-bond donors (Lipinski definition) is 1. The first-order chi connectivity index (χ1) is 11.6. The number of carboxylic acid groups (broad SMARTS) is 1. The lowest BCUT2D eigenvalue weighted by molar-refractivity contribution is -0.255. The Morgan fingerprint density at radius 2 is 1.36 bits per heavy atom. The quantitative estimate of drug-likeness (QED) is 0.375. The molecule has 0 aliphatic heterocycles. The van der Waals surface area contributed by atoms with Crippen LogP contribution < -0.4 is 10.4 Å². The molecule has 0 fully saturated rings. The van der Waals surface area contributed by atoms with Crippen LogP contribution in [0.4, 0.5) is 5.69 Å². The monoisotopic (exact) mass is 594 g/mol.